The van der Waals surface area contributed by atoms with Crippen LogP contribution in [0, 0.1) is 5.92 Å². The van der Waals surface area contributed by atoms with Gasteiger partial charge in [0.15, 0.2) is 0 Å². The Kier molecular flexibility index (Phi) is 8.51. The summed E-state index contributed by atoms with van der Waals surface area (Å²) in [7, 11) is 0. The lowest BCUT2D eigenvalue weighted by atomic mass is 10.1. The molecule has 1 heterocycles. The summed E-state index contributed by atoms with van der Waals surface area (Å²) >= 11 is 1.80. The van der Waals surface area contributed by atoms with E-state index in [0.29, 0.717) is 11.2 Å². The molecular weight excluding hydrogens is 316 g/mol. The second-order valence-corrected chi connectivity index (χ2v) is 8.04. The maximum atomic E-state index is 5.85. The zero-order valence-corrected chi connectivity index (χ0v) is 16.2. The first-order chi connectivity index (χ1) is 11.7. The molecule has 134 valence electrons. The Hall–Kier alpha value is -1.16. The Morgan fingerprint density at radius 1 is 1.08 bits per heavy atom. The van der Waals surface area contributed by atoms with Crippen molar-refractivity contribution in [1.29, 1.82) is 0 Å². The van der Waals surface area contributed by atoms with E-state index in [4.69, 9.17) is 4.74 Å². The van der Waals surface area contributed by atoms with Gasteiger partial charge in [-0.1, -0.05) is 65.0 Å². The van der Waals surface area contributed by atoms with Crippen molar-refractivity contribution in [2.75, 3.05) is 13.2 Å². The molecule has 1 aromatic rings. The molecule has 0 radical (unpaired) electrons. The van der Waals surface area contributed by atoms with E-state index in [1.54, 1.807) is 11.9 Å². The third-order valence-corrected chi connectivity index (χ3v) is 5.17. The van der Waals surface area contributed by atoms with Crippen LogP contribution in [0.15, 0.2) is 29.4 Å². The molecule has 24 heavy (non-hydrogen) atoms. The molecule has 0 aromatic heterocycles. The quantitative estimate of drug-likeness (QED) is 0.358. The van der Waals surface area contributed by atoms with E-state index in [1.165, 1.54) is 37.7 Å². The molecule has 1 aromatic carbocycles. The topological polar surface area (TPSA) is 24.8 Å². The fraction of sp³-hybridized carbons (Fsp3) is 0.650. The second kappa shape index (κ2) is 10.7. The van der Waals surface area contributed by atoms with Crippen molar-refractivity contribution in [2.24, 2.45) is 11.0 Å². The summed E-state index contributed by atoms with van der Waals surface area (Å²) < 4.78 is 7.95. The first-order valence-electron chi connectivity index (χ1n) is 9.40. The summed E-state index contributed by atoms with van der Waals surface area (Å²) in [6.07, 6.45) is 9.83. The number of unbranched alkanes of at least 4 members (excludes halogenated alkanes) is 5. The lowest BCUT2D eigenvalue weighted by Gasteiger charge is -2.16. The molecule has 0 fully saturated rings. The molecule has 1 aliphatic rings. The van der Waals surface area contributed by atoms with Gasteiger partial charge in [-0.05, 0) is 42.0 Å². The Balaban J connectivity index is 1.67. The van der Waals surface area contributed by atoms with Gasteiger partial charge in [-0.25, -0.2) is 4.41 Å². The van der Waals surface area contributed by atoms with Gasteiger partial charge in [-0.15, -0.1) is 0 Å². The number of hydrazone groups is 1. The molecule has 0 N–H and O–H groups in total. The lowest BCUT2D eigenvalue weighted by Crippen LogP contribution is -2.12. The number of ether oxygens (including phenoxy) is 1. The highest BCUT2D eigenvalue weighted by atomic mass is 32.2. The standard InChI is InChI=1S/C20H32N2OS/c1-4-5-6-7-8-9-14-23-19-12-10-18(11-13-19)20-15-21-22(24-20)16-17(2)3/h10-13,15,17,20H,4-9,14,16H2,1-3H3. The van der Waals surface area contributed by atoms with E-state index in [0.717, 1.165) is 25.3 Å². The van der Waals surface area contributed by atoms with Crippen molar-refractivity contribution in [3.63, 3.8) is 0 Å². The average molecular weight is 349 g/mol. The molecule has 1 atom stereocenters. The van der Waals surface area contributed by atoms with Gasteiger partial charge in [0.2, 0.25) is 0 Å². The highest BCUT2D eigenvalue weighted by Gasteiger charge is 2.21. The Morgan fingerprint density at radius 3 is 2.50 bits per heavy atom. The minimum atomic E-state index is 0.330. The van der Waals surface area contributed by atoms with Crippen LogP contribution < -0.4 is 4.74 Å². The average Bonchev–Trinajstić information content (AvgIpc) is 3.02. The predicted octanol–water partition coefficient (Wildman–Crippen LogP) is 6.07. The largest absolute Gasteiger partial charge is 0.494 e. The molecular formula is C20H32N2OS. The van der Waals surface area contributed by atoms with Gasteiger partial charge < -0.3 is 4.74 Å². The second-order valence-electron chi connectivity index (χ2n) is 6.90. The molecule has 4 heteroatoms. The number of benzene rings is 1. The van der Waals surface area contributed by atoms with Crippen molar-refractivity contribution in [3.8, 4) is 5.75 Å². The zero-order valence-electron chi connectivity index (χ0n) is 15.4. The van der Waals surface area contributed by atoms with Gasteiger partial charge >= 0.3 is 0 Å². The van der Waals surface area contributed by atoms with Gasteiger partial charge in [-0.2, -0.15) is 5.10 Å². The monoisotopic (exact) mass is 348 g/mol. The van der Waals surface area contributed by atoms with Crippen molar-refractivity contribution in [3.05, 3.63) is 29.8 Å². The fourth-order valence-electron chi connectivity index (χ4n) is 2.70. The number of hydrogen-bond donors (Lipinski definition) is 0. The number of nitrogens with zero attached hydrogens (tertiary/aromatic N) is 2. The highest BCUT2D eigenvalue weighted by molar-refractivity contribution is 7.98. The van der Waals surface area contributed by atoms with Crippen LogP contribution in [0.3, 0.4) is 0 Å². The zero-order chi connectivity index (χ0) is 17.2. The summed E-state index contributed by atoms with van der Waals surface area (Å²) in [5, 5.41) is 4.82. The van der Waals surface area contributed by atoms with E-state index in [2.05, 4.69) is 54.6 Å². The lowest BCUT2D eigenvalue weighted by molar-refractivity contribution is 0.304. The van der Waals surface area contributed by atoms with Gasteiger partial charge in [0, 0.05) is 6.21 Å². The molecule has 3 nitrogen and oxygen atoms in total. The molecule has 0 saturated carbocycles. The van der Waals surface area contributed by atoms with Crippen LogP contribution in [0.5, 0.6) is 5.75 Å². The Morgan fingerprint density at radius 2 is 1.79 bits per heavy atom. The fourth-order valence-corrected chi connectivity index (χ4v) is 3.84. The predicted molar refractivity (Wildman–Crippen MR) is 106 cm³/mol. The van der Waals surface area contributed by atoms with E-state index < -0.39 is 0 Å². The van der Waals surface area contributed by atoms with Crippen molar-refractivity contribution < 1.29 is 4.74 Å². The third-order valence-electron chi connectivity index (χ3n) is 4.06. The molecule has 0 bridgehead atoms. The summed E-state index contributed by atoms with van der Waals surface area (Å²) in [6, 6.07) is 8.51. The maximum absolute atomic E-state index is 5.85. The maximum Gasteiger partial charge on any atom is 0.119 e. The van der Waals surface area contributed by atoms with E-state index >= 15 is 0 Å². The van der Waals surface area contributed by atoms with Crippen LogP contribution in [0.1, 0.15) is 70.1 Å². The normalized spacial score (nSPS) is 17.0. The molecule has 1 unspecified atom stereocenters. The van der Waals surface area contributed by atoms with E-state index in [9.17, 15) is 0 Å². The highest BCUT2D eigenvalue weighted by Crippen LogP contribution is 2.36. The van der Waals surface area contributed by atoms with E-state index in [-0.39, 0.29) is 0 Å². The van der Waals surface area contributed by atoms with Crippen LogP contribution in [0.4, 0.5) is 0 Å². The minimum Gasteiger partial charge on any atom is -0.494 e. The molecule has 0 aliphatic carbocycles. The molecule has 0 amide bonds. The van der Waals surface area contributed by atoms with Gasteiger partial charge in [-0.3, -0.25) is 0 Å². The molecule has 0 spiro atoms. The van der Waals surface area contributed by atoms with Crippen LogP contribution in [0.25, 0.3) is 0 Å². The first-order valence-corrected chi connectivity index (χ1v) is 10.2. The van der Waals surface area contributed by atoms with Crippen LogP contribution >= 0.6 is 11.9 Å². The molecule has 0 saturated heterocycles. The number of hydrogen-bond acceptors (Lipinski definition) is 4. The summed E-state index contributed by atoms with van der Waals surface area (Å²) in [4.78, 5) is 0. The molecule has 1 aliphatic heterocycles. The van der Waals surface area contributed by atoms with Crippen molar-refractivity contribution >= 4 is 18.2 Å². The minimum absolute atomic E-state index is 0.330. The van der Waals surface area contributed by atoms with Gasteiger partial charge in [0.05, 0.1) is 18.4 Å². The van der Waals surface area contributed by atoms with Gasteiger partial charge in [0.1, 0.15) is 5.75 Å². The number of rotatable bonds is 11. The van der Waals surface area contributed by atoms with E-state index in [1.807, 2.05) is 6.21 Å². The Labute approximate surface area is 152 Å². The summed E-state index contributed by atoms with van der Waals surface area (Å²) in [5.74, 6) is 1.61. The SMILES string of the molecule is CCCCCCCCOc1ccc(C2C=NN(CC(C)C)S2)cc1. The van der Waals surface area contributed by atoms with Crippen LogP contribution in [-0.4, -0.2) is 23.8 Å². The first kappa shape index (κ1) is 19.2. The van der Waals surface area contributed by atoms with Crippen molar-refractivity contribution in [1.82, 2.24) is 4.41 Å². The van der Waals surface area contributed by atoms with Crippen LogP contribution in [-0.2, 0) is 0 Å². The summed E-state index contributed by atoms with van der Waals surface area (Å²) in [6.45, 7) is 8.52. The Bertz CT molecular complexity index is 487. The summed E-state index contributed by atoms with van der Waals surface area (Å²) in [5.41, 5.74) is 1.29. The third kappa shape index (κ3) is 6.76. The van der Waals surface area contributed by atoms with Crippen molar-refractivity contribution in [2.45, 2.75) is 64.5 Å². The van der Waals surface area contributed by atoms with Crippen LogP contribution in [0.2, 0.25) is 0 Å². The van der Waals surface area contributed by atoms with Gasteiger partial charge in [0.25, 0.3) is 0 Å². The molecule has 2 rings (SSSR count). The smallest absolute Gasteiger partial charge is 0.119 e.